The zero-order valence-corrected chi connectivity index (χ0v) is 34.0. The second-order valence-electron chi connectivity index (χ2n) is 16.1. The molecule has 0 saturated carbocycles. The highest BCUT2D eigenvalue weighted by Crippen LogP contribution is 2.47. The van der Waals surface area contributed by atoms with Crippen molar-refractivity contribution < 1.29 is 0 Å². The zero-order chi connectivity index (χ0) is 41.0. The van der Waals surface area contributed by atoms with Crippen LogP contribution in [-0.4, -0.2) is 4.57 Å². The lowest BCUT2D eigenvalue weighted by molar-refractivity contribution is 1.17. The molecule has 12 rings (SSSR count). The maximum Gasteiger partial charge on any atom is 0.0782 e. The molecule has 0 radical (unpaired) electrons. The van der Waals surface area contributed by atoms with Gasteiger partial charge in [0.15, 0.2) is 0 Å². The number of rotatable bonds is 7. The van der Waals surface area contributed by atoms with E-state index in [1.54, 1.807) is 0 Å². The Morgan fingerprint density at radius 3 is 1.58 bits per heavy atom. The molecule has 0 aliphatic heterocycles. The predicted molar refractivity (Wildman–Crippen MR) is 264 cm³/mol. The number of aromatic nitrogens is 1. The number of fused-ring (bicyclic) bond motifs is 7. The molecule has 0 bridgehead atoms. The molecule has 11 aromatic carbocycles. The van der Waals surface area contributed by atoms with Gasteiger partial charge in [0.05, 0.1) is 16.7 Å². The van der Waals surface area contributed by atoms with Crippen molar-refractivity contribution in [2.24, 2.45) is 0 Å². The van der Waals surface area contributed by atoms with Crippen molar-refractivity contribution in [1.29, 1.82) is 0 Å². The first-order valence-corrected chi connectivity index (χ1v) is 21.3. The molecule has 290 valence electrons. The Morgan fingerprint density at radius 2 is 0.839 bits per heavy atom. The zero-order valence-electron chi connectivity index (χ0n) is 34.0. The van der Waals surface area contributed by atoms with Crippen LogP contribution in [0.4, 0.5) is 17.1 Å². The molecular formula is C60H40N2. The number of benzene rings is 11. The highest BCUT2D eigenvalue weighted by atomic mass is 15.2. The predicted octanol–water partition coefficient (Wildman–Crippen LogP) is 16.7. The summed E-state index contributed by atoms with van der Waals surface area (Å²) in [4.78, 5) is 2.41. The SMILES string of the molecule is c1ccc(-c2c(-c3ccccc3)c3cc(-c4ccc(N(c5ccccc5)c5cccc6c7ccccc7n(-c7ccc8ccccc8c7)c56)cc4)ccc3c3ccccc23)cc1. The Kier molecular flexibility index (Phi) is 8.53. The highest BCUT2D eigenvalue weighted by molar-refractivity contribution is 6.22. The van der Waals surface area contributed by atoms with E-state index in [2.05, 4.69) is 252 Å². The topological polar surface area (TPSA) is 8.17 Å². The summed E-state index contributed by atoms with van der Waals surface area (Å²) < 4.78 is 2.45. The minimum Gasteiger partial charge on any atom is -0.308 e. The van der Waals surface area contributed by atoms with Crippen LogP contribution in [0.25, 0.3) is 93.2 Å². The van der Waals surface area contributed by atoms with E-state index in [0.29, 0.717) is 0 Å². The Hall–Kier alpha value is -8.20. The first-order valence-electron chi connectivity index (χ1n) is 21.3. The lowest BCUT2D eigenvalue weighted by Crippen LogP contribution is -2.11. The van der Waals surface area contributed by atoms with Crippen LogP contribution in [0, 0.1) is 0 Å². The minimum atomic E-state index is 1.09. The van der Waals surface area contributed by atoms with Gasteiger partial charge in [-0.2, -0.15) is 0 Å². The first-order chi connectivity index (χ1) is 30.8. The van der Waals surface area contributed by atoms with Gasteiger partial charge in [-0.1, -0.05) is 188 Å². The molecule has 0 saturated heterocycles. The van der Waals surface area contributed by atoms with Crippen molar-refractivity contribution in [3.05, 3.63) is 243 Å². The van der Waals surface area contributed by atoms with Gasteiger partial charge in [0.25, 0.3) is 0 Å². The van der Waals surface area contributed by atoms with Crippen LogP contribution in [0.5, 0.6) is 0 Å². The average molecular weight is 789 g/mol. The standard InChI is InChI=1S/C60H40N2/c1-4-18-43(19-5-1)58-53-27-13-12-25-50(53)51-38-34-46(40-55(51)59(58)44-20-6-2-7-21-44)42-31-35-48(36-32-42)61(47-23-8-3-9-24-47)57-30-16-28-54-52-26-14-15-29-56(52)62(60(54)57)49-37-33-41-17-10-11-22-45(41)39-49/h1-40H. The molecule has 0 fully saturated rings. The number of nitrogens with zero attached hydrogens (tertiary/aromatic N) is 2. The molecule has 0 amide bonds. The van der Waals surface area contributed by atoms with Crippen LogP contribution in [0.3, 0.4) is 0 Å². The van der Waals surface area contributed by atoms with Crippen molar-refractivity contribution in [2.75, 3.05) is 4.90 Å². The van der Waals surface area contributed by atoms with Gasteiger partial charge >= 0.3 is 0 Å². The largest absolute Gasteiger partial charge is 0.308 e. The molecule has 1 heterocycles. The van der Waals surface area contributed by atoms with E-state index in [9.17, 15) is 0 Å². The van der Waals surface area contributed by atoms with Crippen molar-refractivity contribution in [2.45, 2.75) is 0 Å². The molecule has 12 aromatic rings. The summed E-state index contributed by atoms with van der Waals surface area (Å²) in [6.07, 6.45) is 0. The summed E-state index contributed by atoms with van der Waals surface area (Å²) in [5.74, 6) is 0. The number of hydrogen-bond acceptors (Lipinski definition) is 1. The van der Waals surface area contributed by atoms with E-state index < -0.39 is 0 Å². The molecular weight excluding hydrogens is 749 g/mol. The fraction of sp³-hybridized carbons (Fsp3) is 0. The maximum atomic E-state index is 2.45. The van der Waals surface area contributed by atoms with Gasteiger partial charge in [-0.05, 0) is 120 Å². The molecule has 0 N–H and O–H groups in total. The lowest BCUT2D eigenvalue weighted by Gasteiger charge is -2.27. The van der Waals surface area contributed by atoms with Crippen molar-refractivity contribution in [3.8, 4) is 39.1 Å². The molecule has 62 heavy (non-hydrogen) atoms. The third-order valence-electron chi connectivity index (χ3n) is 12.5. The van der Waals surface area contributed by atoms with E-state index >= 15 is 0 Å². The van der Waals surface area contributed by atoms with Crippen molar-refractivity contribution >= 4 is 71.2 Å². The number of para-hydroxylation sites is 3. The van der Waals surface area contributed by atoms with E-state index in [0.717, 1.165) is 22.7 Å². The molecule has 0 unspecified atom stereocenters. The van der Waals surface area contributed by atoms with Gasteiger partial charge in [-0.15, -0.1) is 0 Å². The van der Waals surface area contributed by atoms with Crippen LogP contribution in [0.15, 0.2) is 243 Å². The fourth-order valence-corrected chi connectivity index (χ4v) is 9.75. The first kappa shape index (κ1) is 35.7. The Morgan fingerprint density at radius 1 is 0.290 bits per heavy atom. The minimum absolute atomic E-state index is 1.09. The van der Waals surface area contributed by atoms with Gasteiger partial charge in [-0.3, -0.25) is 0 Å². The fourth-order valence-electron chi connectivity index (χ4n) is 9.75. The van der Waals surface area contributed by atoms with Crippen molar-refractivity contribution in [1.82, 2.24) is 4.57 Å². The van der Waals surface area contributed by atoms with Crippen LogP contribution >= 0.6 is 0 Å². The second kappa shape index (κ2) is 14.8. The summed E-state index contributed by atoms with van der Waals surface area (Å²) in [5.41, 5.74) is 14.1. The van der Waals surface area contributed by atoms with Gasteiger partial charge in [-0.25, -0.2) is 0 Å². The summed E-state index contributed by atoms with van der Waals surface area (Å²) in [5, 5.41) is 9.93. The van der Waals surface area contributed by atoms with Gasteiger partial charge in [0, 0.05) is 27.8 Å². The molecule has 2 heteroatoms. The summed E-state index contributed by atoms with van der Waals surface area (Å²) in [6.45, 7) is 0. The quantitative estimate of drug-likeness (QED) is 0.146. The molecule has 2 nitrogen and oxygen atoms in total. The van der Waals surface area contributed by atoms with E-state index in [1.807, 2.05) is 0 Å². The van der Waals surface area contributed by atoms with Crippen LogP contribution < -0.4 is 4.90 Å². The monoisotopic (exact) mass is 788 g/mol. The van der Waals surface area contributed by atoms with Gasteiger partial charge < -0.3 is 9.47 Å². The lowest BCUT2D eigenvalue weighted by atomic mass is 9.84. The molecule has 0 aliphatic carbocycles. The normalized spacial score (nSPS) is 11.5. The van der Waals surface area contributed by atoms with Crippen LogP contribution in [-0.2, 0) is 0 Å². The summed E-state index contributed by atoms with van der Waals surface area (Å²) >= 11 is 0. The maximum absolute atomic E-state index is 2.45. The van der Waals surface area contributed by atoms with Gasteiger partial charge in [0.2, 0.25) is 0 Å². The number of hydrogen-bond donors (Lipinski definition) is 0. The Labute approximate surface area is 360 Å². The molecule has 0 aliphatic rings. The Balaban J connectivity index is 1.05. The molecule has 0 atom stereocenters. The van der Waals surface area contributed by atoms with Gasteiger partial charge in [0.1, 0.15) is 0 Å². The summed E-state index contributed by atoms with van der Waals surface area (Å²) in [7, 11) is 0. The van der Waals surface area contributed by atoms with E-state index in [-0.39, 0.29) is 0 Å². The number of anilines is 3. The third-order valence-corrected chi connectivity index (χ3v) is 12.5. The second-order valence-corrected chi connectivity index (χ2v) is 16.1. The van der Waals surface area contributed by atoms with E-state index in [4.69, 9.17) is 0 Å². The molecule has 0 spiro atoms. The van der Waals surface area contributed by atoms with Crippen LogP contribution in [0.2, 0.25) is 0 Å². The summed E-state index contributed by atoms with van der Waals surface area (Å²) in [6, 6.07) is 88.5. The third kappa shape index (κ3) is 5.88. The van der Waals surface area contributed by atoms with Crippen molar-refractivity contribution in [3.63, 3.8) is 0 Å². The Bertz CT molecular complexity index is 3610. The van der Waals surface area contributed by atoms with Crippen LogP contribution in [0.1, 0.15) is 0 Å². The highest BCUT2D eigenvalue weighted by Gasteiger charge is 2.22. The van der Waals surface area contributed by atoms with E-state index in [1.165, 1.54) is 87.5 Å². The average Bonchev–Trinajstić information content (AvgIpc) is 3.69. The molecule has 1 aromatic heterocycles. The smallest absolute Gasteiger partial charge is 0.0782 e.